The number of thioether (sulfide) groups is 6. The molecule has 3 aliphatic heterocycles. The predicted molar refractivity (Wildman–Crippen MR) is 402 cm³/mol. The van der Waals surface area contributed by atoms with Gasteiger partial charge in [0.2, 0.25) is 0 Å². The molecule has 10 aromatic carbocycles. The van der Waals surface area contributed by atoms with Gasteiger partial charge in [-0.05, 0) is 168 Å². The lowest BCUT2D eigenvalue weighted by Crippen LogP contribution is -2.19. The van der Waals surface area contributed by atoms with Crippen molar-refractivity contribution in [2.24, 2.45) is 0 Å². The van der Waals surface area contributed by atoms with Crippen molar-refractivity contribution in [2.45, 2.75) is 26.1 Å². The van der Waals surface area contributed by atoms with Crippen molar-refractivity contribution >= 4 is 113 Å². The van der Waals surface area contributed by atoms with Crippen LogP contribution in [0, 0.1) is 13.8 Å². The average molecular weight is 1380 g/mol. The van der Waals surface area contributed by atoms with E-state index in [2.05, 4.69) is 201 Å². The number of carbonyl (C=O) groups is 3. The highest BCUT2D eigenvalue weighted by molar-refractivity contribution is 8.21. The first kappa shape index (κ1) is 67.6. The van der Waals surface area contributed by atoms with E-state index in [0.29, 0.717) is 50.6 Å². The number of carbonyl (C=O) groups excluding carboxylic acids is 3. The number of hydrogen-bond donors (Lipinski definition) is 2. The fourth-order valence-electron chi connectivity index (χ4n) is 11.1. The van der Waals surface area contributed by atoms with Crippen molar-refractivity contribution in [2.75, 3.05) is 60.2 Å². The van der Waals surface area contributed by atoms with Gasteiger partial charge in [0.25, 0.3) is 0 Å². The second-order valence-corrected chi connectivity index (χ2v) is 31.5. The highest BCUT2D eigenvalue weighted by Crippen LogP contribution is 2.60. The first-order valence-corrected chi connectivity index (χ1v) is 37.6. The predicted octanol–water partition coefficient (Wildman–Crippen LogP) is 20.2. The lowest BCUT2D eigenvalue weighted by atomic mass is 9.98. The maximum atomic E-state index is 13.0. The van der Waals surface area contributed by atoms with Crippen molar-refractivity contribution in [1.82, 2.24) is 0 Å². The van der Waals surface area contributed by atoms with E-state index in [-0.39, 0.29) is 29.6 Å². The van der Waals surface area contributed by atoms with Crippen LogP contribution >= 0.6 is 95.8 Å². The van der Waals surface area contributed by atoms with Gasteiger partial charge in [0, 0.05) is 67.9 Å². The molecule has 0 aliphatic carbocycles. The third-order valence-electron chi connectivity index (χ3n) is 16.0. The maximum Gasteiger partial charge on any atom is 0.193 e. The SMILES string of the molecule is COc1ccc(C(=O)c2ccc(Oc3ccc(C(=O)c4ccc(C(=O)c5ccc(C)cc5)cc4)cc3)cc2)cc1.COc1ccc(C2(c3ccc(Oc4ccc(C5(c6ccc(C7(c8ccc(C)cc8)SCCS7)cc6)SCCS5)cc4)cc3)SCCS2)cc1.SCCS. The summed E-state index contributed by atoms with van der Waals surface area (Å²) in [6.45, 7) is 4.14. The minimum atomic E-state index is -0.151. The molecule has 0 aromatic heterocycles. The quantitative estimate of drug-likeness (QED) is 0.0596. The lowest BCUT2D eigenvalue weighted by Gasteiger charge is -2.32. The number of aryl methyl sites for hydroxylation is 2. The minimum Gasteiger partial charge on any atom is -0.497 e. The van der Waals surface area contributed by atoms with Crippen LogP contribution < -0.4 is 18.9 Å². The molecule has 3 aliphatic rings. The zero-order valence-electron chi connectivity index (χ0n) is 52.0. The van der Waals surface area contributed by atoms with E-state index in [1.165, 1.54) is 50.4 Å². The maximum absolute atomic E-state index is 13.0. The molecule has 0 spiro atoms. The van der Waals surface area contributed by atoms with Crippen LogP contribution in [0.2, 0.25) is 0 Å². The minimum absolute atomic E-state index is 0.0302. The Kier molecular flexibility index (Phi) is 23.0. The van der Waals surface area contributed by atoms with Gasteiger partial charge in [0.05, 0.1) is 14.2 Å². The highest BCUT2D eigenvalue weighted by atomic mass is 32.2. The highest BCUT2D eigenvalue weighted by Gasteiger charge is 2.43. The van der Waals surface area contributed by atoms with Crippen LogP contribution in [0.3, 0.4) is 0 Å². The van der Waals surface area contributed by atoms with Crippen molar-refractivity contribution in [3.05, 3.63) is 321 Å². The van der Waals surface area contributed by atoms with E-state index in [4.69, 9.17) is 18.9 Å². The summed E-state index contributed by atoms with van der Waals surface area (Å²) in [4.78, 5) is 38.4. The van der Waals surface area contributed by atoms with Crippen LogP contribution in [0.1, 0.15) is 92.3 Å². The van der Waals surface area contributed by atoms with Crippen LogP contribution in [-0.4, -0.2) is 77.6 Å². The molecule has 93 heavy (non-hydrogen) atoms. The third kappa shape index (κ3) is 15.8. The van der Waals surface area contributed by atoms with E-state index in [1.807, 2.05) is 42.6 Å². The second kappa shape index (κ2) is 31.6. The van der Waals surface area contributed by atoms with Gasteiger partial charge in [0.15, 0.2) is 17.3 Å². The Hall–Kier alpha value is -6.79. The molecule has 3 fully saturated rings. The lowest BCUT2D eigenvalue weighted by molar-refractivity contribution is 0.102. The summed E-state index contributed by atoms with van der Waals surface area (Å²) < 4.78 is 22.6. The molecular weight excluding hydrogens is 1310 g/mol. The summed E-state index contributed by atoms with van der Waals surface area (Å²) in [5.41, 5.74) is 13.7. The average Bonchev–Trinajstić information content (AvgIpc) is 1.77. The second-order valence-electron chi connectivity index (χ2n) is 22.0. The van der Waals surface area contributed by atoms with Crippen LogP contribution in [-0.2, 0) is 12.2 Å². The van der Waals surface area contributed by atoms with E-state index < -0.39 is 0 Å². The first-order valence-electron chi connectivity index (χ1n) is 30.5. The van der Waals surface area contributed by atoms with Crippen LogP contribution in [0.4, 0.5) is 0 Å². The Labute approximate surface area is 582 Å². The van der Waals surface area contributed by atoms with Gasteiger partial charge in [-0.15, -0.1) is 70.6 Å². The summed E-state index contributed by atoms with van der Waals surface area (Å²) in [7, 11) is 3.30. The molecule has 0 atom stereocenters. The van der Waals surface area contributed by atoms with E-state index in [1.54, 1.807) is 123 Å². The van der Waals surface area contributed by atoms with Gasteiger partial charge in [-0.2, -0.15) is 25.3 Å². The Morgan fingerprint density at radius 2 is 0.462 bits per heavy atom. The zero-order valence-corrected chi connectivity index (χ0v) is 58.6. The van der Waals surface area contributed by atoms with E-state index >= 15 is 0 Å². The Balaban J connectivity index is 0.000000183. The van der Waals surface area contributed by atoms with Crippen molar-refractivity contribution < 1.29 is 33.3 Å². The summed E-state index contributed by atoms with van der Waals surface area (Å²) in [5.74, 6) is 12.8. The number of hydrogen-bond acceptors (Lipinski definition) is 15. The molecule has 15 heteroatoms. The normalized spacial score (nSPS) is 14.9. The van der Waals surface area contributed by atoms with Gasteiger partial charge in [-0.1, -0.05) is 145 Å². The molecule has 0 bridgehead atoms. The molecule has 3 heterocycles. The summed E-state index contributed by atoms with van der Waals surface area (Å²) >= 11 is 20.0. The number of thiol groups is 2. The smallest absolute Gasteiger partial charge is 0.193 e. The molecule has 13 rings (SSSR count). The van der Waals surface area contributed by atoms with Gasteiger partial charge in [-0.25, -0.2) is 0 Å². The number of ether oxygens (including phenoxy) is 4. The zero-order chi connectivity index (χ0) is 64.8. The largest absolute Gasteiger partial charge is 0.497 e. The van der Waals surface area contributed by atoms with Gasteiger partial charge >= 0.3 is 0 Å². The summed E-state index contributed by atoms with van der Waals surface area (Å²) in [6.07, 6.45) is 0. The monoisotopic (exact) mass is 1370 g/mol. The molecule has 10 aromatic rings. The van der Waals surface area contributed by atoms with Crippen LogP contribution in [0.5, 0.6) is 34.5 Å². The molecule has 0 unspecified atom stereocenters. The fourth-order valence-corrected chi connectivity index (χ4v) is 20.9. The molecule has 3 saturated heterocycles. The van der Waals surface area contributed by atoms with Crippen LogP contribution in [0.25, 0.3) is 0 Å². The molecule has 0 N–H and O–H groups in total. The topological polar surface area (TPSA) is 88.1 Å². The molecule has 7 nitrogen and oxygen atoms in total. The summed E-state index contributed by atoms with van der Waals surface area (Å²) in [6, 6.07) is 79.6. The molecule has 472 valence electrons. The Morgan fingerprint density at radius 1 is 0.290 bits per heavy atom. The fraction of sp³-hybridized carbons (Fsp3) is 0.192. The molecular formula is C78H70O7S8. The molecule has 0 amide bonds. The van der Waals surface area contributed by atoms with Gasteiger partial charge in [0.1, 0.15) is 46.7 Å². The van der Waals surface area contributed by atoms with Gasteiger partial charge in [-0.3, -0.25) is 14.4 Å². The van der Waals surface area contributed by atoms with Crippen LogP contribution in [0.15, 0.2) is 243 Å². The summed E-state index contributed by atoms with van der Waals surface area (Å²) in [5, 5.41) is 0. The first-order chi connectivity index (χ1) is 45.3. The van der Waals surface area contributed by atoms with E-state index in [0.717, 1.165) is 57.3 Å². The Bertz CT molecular complexity index is 4090. The van der Waals surface area contributed by atoms with Gasteiger partial charge < -0.3 is 18.9 Å². The van der Waals surface area contributed by atoms with Crippen molar-refractivity contribution in [1.29, 1.82) is 0 Å². The van der Waals surface area contributed by atoms with Crippen molar-refractivity contribution in [3.63, 3.8) is 0 Å². The number of ketones is 3. The molecule has 0 radical (unpaired) electrons. The van der Waals surface area contributed by atoms with Crippen molar-refractivity contribution in [3.8, 4) is 34.5 Å². The number of benzene rings is 10. The standard InChI is InChI=1S/C41H38O2S6.C35H26O5.C2H6S2/c1-29-3-5-30(6-4-29)39(44-23-24-45-39)31-7-9-32(10-8-31)40(46-25-26-47-40)34-13-19-37(20-14-34)43-38-21-15-35(16-22-38)41(48-27-28-49-41)33-11-17-36(42-2)18-12-33;1-23-3-5-24(6-4-23)33(36)25-7-9-26(10-8-25)34(37)28-13-19-31(20-14-28)40-32-21-15-29(16-22-32)35(38)27-11-17-30(39-2)18-12-27;3-1-2-4/h3-22H,23-28H2,1-2H3;3-22H,1-2H3;3-4H,1-2H2. The van der Waals surface area contributed by atoms with E-state index in [9.17, 15) is 14.4 Å². The molecule has 0 saturated carbocycles. The third-order valence-corrected chi connectivity index (χ3v) is 27.4. The Morgan fingerprint density at radius 3 is 0.699 bits per heavy atom. The number of methoxy groups -OCH3 is 2. The number of rotatable bonds is 19.